The predicted octanol–water partition coefficient (Wildman–Crippen LogP) is 6.20. The average molecular weight is 419 g/mol. The van der Waals surface area contributed by atoms with Gasteiger partial charge in [-0.3, -0.25) is 0 Å². The Hall–Kier alpha value is -0.940. The smallest absolute Gasteiger partial charge is 0.157 e. The molecule has 2 aliphatic rings. The van der Waals surface area contributed by atoms with Crippen molar-refractivity contribution in [3.8, 4) is 0 Å². The van der Waals surface area contributed by atoms with Gasteiger partial charge in [-0.15, -0.1) is 0 Å². The number of ether oxygens (including phenoxy) is 4. The van der Waals surface area contributed by atoms with Crippen LogP contribution in [0.1, 0.15) is 88.2 Å². The first-order valence-electron chi connectivity index (χ1n) is 12.4. The lowest BCUT2D eigenvalue weighted by molar-refractivity contribution is -0.163. The maximum atomic E-state index is 5.81. The second-order valence-corrected chi connectivity index (χ2v) is 8.77. The average Bonchev–Trinajstić information content (AvgIpc) is 2.81. The fourth-order valence-electron chi connectivity index (χ4n) is 4.20. The normalized spacial score (nSPS) is 22.3. The first-order valence-corrected chi connectivity index (χ1v) is 12.4. The molecule has 2 fully saturated rings. The summed E-state index contributed by atoms with van der Waals surface area (Å²) in [6, 6.07) is 9.24. The Bertz CT molecular complexity index is 483. The van der Waals surface area contributed by atoms with Crippen molar-refractivity contribution in [3.63, 3.8) is 0 Å². The summed E-state index contributed by atoms with van der Waals surface area (Å²) in [5.74, 6) is 0. The molecule has 0 radical (unpaired) electrons. The number of unbranched alkanes of at least 4 members (excludes halogenated alkanes) is 4. The van der Waals surface area contributed by atoms with Gasteiger partial charge >= 0.3 is 0 Å². The van der Waals surface area contributed by atoms with Gasteiger partial charge in [0.05, 0.1) is 0 Å². The molecular formula is C26H42O4. The van der Waals surface area contributed by atoms with Crippen LogP contribution >= 0.6 is 0 Å². The summed E-state index contributed by atoms with van der Waals surface area (Å²) in [5, 5.41) is 0. The molecule has 2 aliphatic heterocycles. The zero-order valence-corrected chi connectivity index (χ0v) is 18.8. The van der Waals surface area contributed by atoms with Crippen molar-refractivity contribution in [1.82, 2.24) is 0 Å². The Balaban J connectivity index is 1.15. The van der Waals surface area contributed by atoms with Crippen LogP contribution in [0, 0.1) is 0 Å². The third-order valence-corrected chi connectivity index (χ3v) is 6.13. The van der Waals surface area contributed by atoms with E-state index in [9.17, 15) is 0 Å². The Morgan fingerprint density at radius 3 is 1.47 bits per heavy atom. The van der Waals surface area contributed by atoms with Crippen LogP contribution in [-0.4, -0.2) is 39.0 Å². The quantitative estimate of drug-likeness (QED) is 0.337. The SMILES string of the molecule is c1cc(CCCCCOC2CCCCO2)ccc1CCCCCOC1CCCCO1. The summed E-state index contributed by atoms with van der Waals surface area (Å²) < 4.78 is 22.8. The highest BCUT2D eigenvalue weighted by atomic mass is 16.7. The molecule has 2 unspecified atom stereocenters. The van der Waals surface area contributed by atoms with E-state index >= 15 is 0 Å². The van der Waals surface area contributed by atoms with Crippen molar-refractivity contribution in [2.24, 2.45) is 0 Å². The highest BCUT2D eigenvalue weighted by molar-refractivity contribution is 5.22. The summed E-state index contributed by atoms with van der Waals surface area (Å²) in [4.78, 5) is 0. The Morgan fingerprint density at radius 1 is 0.600 bits per heavy atom. The van der Waals surface area contributed by atoms with Gasteiger partial charge < -0.3 is 18.9 Å². The minimum absolute atomic E-state index is 0.0599. The van der Waals surface area contributed by atoms with E-state index in [1.165, 1.54) is 75.3 Å². The highest BCUT2D eigenvalue weighted by Gasteiger charge is 2.14. The van der Waals surface area contributed by atoms with Crippen molar-refractivity contribution in [2.75, 3.05) is 26.4 Å². The van der Waals surface area contributed by atoms with Gasteiger partial charge in [0.25, 0.3) is 0 Å². The molecule has 0 aromatic heterocycles. The third-order valence-electron chi connectivity index (χ3n) is 6.13. The van der Waals surface area contributed by atoms with Gasteiger partial charge in [0, 0.05) is 26.4 Å². The second-order valence-electron chi connectivity index (χ2n) is 8.77. The van der Waals surface area contributed by atoms with Crippen molar-refractivity contribution >= 4 is 0 Å². The molecule has 4 heteroatoms. The topological polar surface area (TPSA) is 36.9 Å². The van der Waals surface area contributed by atoms with Crippen LogP contribution in [0.25, 0.3) is 0 Å². The molecule has 4 nitrogen and oxygen atoms in total. The molecule has 0 saturated carbocycles. The van der Waals surface area contributed by atoms with E-state index in [4.69, 9.17) is 18.9 Å². The Kier molecular flexibility index (Phi) is 11.8. The summed E-state index contributed by atoms with van der Waals surface area (Å²) >= 11 is 0. The number of aryl methyl sites for hydroxylation is 2. The van der Waals surface area contributed by atoms with Gasteiger partial charge in [-0.05, 0) is 88.2 Å². The lowest BCUT2D eigenvalue weighted by Crippen LogP contribution is -2.22. The second kappa shape index (κ2) is 15.0. The molecule has 3 rings (SSSR count). The molecule has 30 heavy (non-hydrogen) atoms. The number of hydrogen-bond donors (Lipinski definition) is 0. The van der Waals surface area contributed by atoms with Crippen molar-refractivity contribution in [3.05, 3.63) is 35.4 Å². The van der Waals surface area contributed by atoms with Gasteiger partial charge in [-0.25, -0.2) is 0 Å². The number of benzene rings is 1. The Morgan fingerprint density at radius 2 is 1.07 bits per heavy atom. The van der Waals surface area contributed by atoms with Crippen molar-refractivity contribution in [2.45, 2.75) is 102 Å². The van der Waals surface area contributed by atoms with Crippen molar-refractivity contribution in [1.29, 1.82) is 0 Å². The largest absolute Gasteiger partial charge is 0.353 e. The van der Waals surface area contributed by atoms with Crippen LogP contribution in [-0.2, 0) is 31.8 Å². The molecule has 170 valence electrons. The Labute approximate surface area is 183 Å². The van der Waals surface area contributed by atoms with Gasteiger partial charge in [-0.1, -0.05) is 37.1 Å². The van der Waals surface area contributed by atoms with Crippen LogP contribution < -0.4 is 0 Å². The number of hydrogen-bond acceptors (Lipinski definition) is 4. The molecule has 0 spiro atoms. The van der Waals surface area contributed by atoms with E-state index in [0.29, 0.717) is 0 Å². The summed E-state index contributed by atoms with van der Waals surface area (Å²) in [5.41, 5.74) is 2.91. The molecule has 2 atom stereocenters. The zero-order chi connectivity index (χ0) is 20.7. The summed E-state index contributed by atoms with van der Waals surface area (Å²) in [6.07, 6.45) is 16.6. The fraction of sp³-hybridized carbons (Fsp3) is 0.769. The zero-order valence-electron chi connectivity index (χ0n) is 18.8. The minimum atomic E-state index is 0.0599. The molecule has 0 bridgehead atoms. The van der Waals surface area contributed by atoms with Crippen LogP contribution in [0.4, 0.5) is 0 Å². The lowest BCUT2D eigenvalue weighted by Gasteiger charge is -2.22. The van der Waals surface area contributed by atoms with Gasteiger partial charge in [-0.2, -0.15) is 0 Å². The summed E-state index contributed by atoms with van der Waals surface area (Å²) in [6.45, 7) is 3.40. The number of rotatable bonds is 14. The fourth-order valence-corrected chi connectivity index (χ4v) is 4.20. The molecule has 0 aliphatic carbocycles. The summed E-state index contributed by atoms with van der Waals surface area (Å²) in [7, 11) is 0. The standard InChI is InChI=1S/C26H42O4/c1(7-19-27-25-13-5-9-21-29-25)3-11-23-15-17-24(18-16-23)12-4-2-8-20-28-26-14-6-10-22-30-26/h15-18,25-26H,1-14,19-22H2. The van der Waals surface area contributed by atoms with Crippen LogP contribution in [0.3, 0.4) is 0 Å². The van der Waals surface area contributed by atoms with E-state index in [1.54, 1.807) is 0 Å². The predicted molar refractivity (Wildman–Crippen MR) is 121 cm³/mol. The first-order chi connectivity index (χ1) is 14.9. The molecule has 2 heterocycles. The van der Waals surface area contributed by atoms with E-state index in [1.807, 2.05) is 0 Å². The van der Waals surface area contributed by atoms with Crippen LogP contribution in [0.5, 0.6) is 0 Å². The molecule has 2 saturated heterocycles. The van der Waals surface area contributed by atoms with Crippen molar-refractivity contribution < 1.29 is 18.9 Å². The van der Waals surface area contributed by atoms with E-state index in [-0.39, 0.29) is 12.6 Å². The van der Waals surface area contributed by atoms with E-state index in [2.05, 4.69) is 24.3 Å². The third kappa shape index (κ3) is 9.91. The molecular weight excluding hydrogens is 376 g/mol. The monoisotopic (exact) mass is 418 g/mol. The molecule has 0 N–H and O–H groups in total. The molecule has 0 amide bonds. The molecule has 1 aromatic rings. The highest BCUT2D eigenvalue weighted by Crippen LogP contribution is 2.16. The van der Waals surface area contributed by atoms with E-state index < -0.39 is 0 Å². The van der Waals surface area contributed by atoms with Crippen LogP contribution in [0.2, 0.25) is 0 Å². The van der Waals surface area contributed by atoms with Gasteiger partial charge in [0.2, 0.25) is 0 Å². The first kappa shape index (κ1) is 23.7. The van der Waals surface area contributed by atoms with Gasteiger partial charge in [0.15, 0.2) is 12.6 Å². The van der Waals surface area contributed by atoms with Crippen LogP contribution in [0.15, 0.2) is 24.3 Å². The minimum Gasteiger partial charge on any atom is -0.353 e. The maximum Gasteiger partial charge on any atom is 0.157 e. The lowest BCUT2D eigenvalue weighted by atomic mass is 10.0. The van der Waals surface area contributed by atoms with E-state index in [0.717, 1.165) is 52.1 Å². The molecule has 1 aromatic carbocycles. The maximum absolute atomic E-state index is 5.81. The van der Waals surface area contributed by atoms with Gasteiger partial charge in [0.1, 0.15) is 0 Å².